The van der Waals surface area contributed by atoms with Crippen molar-refractivity contribution in [3.05, 3.63) is 69.8 Å². The molecule has 15 heteroatoms. The highest BCUT2D eigenvalue weighted by molar-refractivity contribution is 6.30. The van der Waals surface area contributed by atoms with E-state index in [0.29, 0.717) is 16.3 Å². The Morgan fingerprint density at radius 1 is 1.14 bits per heavy atom. The monoisotopic (exact) mass is 539 g/mol. The molecule has 3 heterocycles. The van der Waals surface area contributed by atoms with Crippen molar-refractivity contribution in [2.45, 2.75) is 38.4 Å². The summed E-state index contributed by atoms with van der Waals surface area (Å²) in [7, 11) is 1.43. The molecule has 2 atom stereocenters. The molecule has 2 N–H and O–H groups in total. The van der Waals surface area contributed by atoms with Crippen molar-refractivity contribution in [1.29, 1.82) is 0 Å². The van der Waals surface area contributed by atoms with Crippen LogP contribution in [-0.4, -0.2) is 63.7 Å². The predicted molar refractivity (Wildman–Crippen MR) is 124 cm³/mol. The first kappa shape index (κ1) is 26.3. The van der Waals surface area contributed by atoms with E-state index in [9.17, 15) is 28.2 Å². The number of aliphatic hydroxyl groups excluding tert-OH is 2. The molecule has 0 saturated heterocycles. The average Bonchev–Trinajstić information content (AvgIpc) is 3.41. The Hall–Kier alpha value is -3.75. The molecular weight excluding hydrogens is 519 g/mol. The number of rotatable bonds is 8. The van der Waals surface area contributed by atoms with Gasteiger partial charge in [0.25, 0.3) is 0 Å². The zero-order chi connectivity index (χ0) is 26.9. The maximum absolute atomic E-state index is 13.1. The van der Waals surface area contributed by atoms with Crippen molar-refractivity contribution in [3.63, 3.8) is 0 Å². The Bertz CT molecular complexity index is 1450. The van der Waals surface area contributed by atoms with Crippen LogP contribution in [0.15, 0.2) is 47.4 Å². The molecule has 0 fully saturated rings. The van der Waals surface area contributed by atoms with E-state index in [4.69, 9.17) is 16.3 Å². The quantitative estimate of drug-likeness (QED) is 0.349. The normalized spacial score (nSPS) is 13.5. The highest BCUT2D eigenvalue weighted by Crippen LogP contribution is 2.25. The highest BCUT2D eigenvalue weighted by atomic mass is 35.5. The lowest BCUT2D eigenvalue weighted by Crippen LogP contribution is -2.37. The molecule has 0 spiro atoms. The predicted octanol–water partition coefficient (Wildman–Crippen LogP) is 2.37. The summed E-state index contributed by atoms with van der Waals surface area (Å²) in [5.41, 5.74) is -0.630. The zero-order valence-electron chi connectivity index (χ0n) is 19.5. The summed E-state index contributed by atoms with van der Waals surface area (Å²) >= 11 is 5.91. The van der Waals surface area contributed by atoms with Gasteiger partial charge in [0.15, 0.2) is 35.1 Å². The average molecular weight is 540 g/mol. The van der Waals surface area contributed by atoms with Crippen LogP contribution in [0.25, 0.3) is 17.2 Å². The van der Waals surface area contributed by atoms with Crippen molar-refractivity contribution in [3.8, 4) is 23.0 Å². The molecule has 4 aromatic rings. The second kappa shape index (κ2) is 10.3. The van der Waals surface area contributed by atoms with Crippen molar-refractivity contribution >= 4 is 11.6 Å². The van der Waals surface area contributed by atoms with Gasteiger partial charge in [0.1, 0.15) is 12.6 Å². The molecule has 0 amide bonds. The Labute approximate surface area is 212 Å². The molecule has 0 saturated carbocycles. The van der Waals surface area contributed by atoms with Crippen LogP contribution in [0.4, 0.5) is 13.2 Å². The van der Waals surface area contributed by atoms with Crippen LogP contribution in [0.1, 0.15) is 24.7 Å². The van der Waals surface area contributed by atoms with Crippen LogP contribution >= 0.6 is 11.6 Å². The SMILES string of the molecule is COc1cccnc1-n1nc(Cn2nc(-c3ccc(Cl)cc3)n(C[C@H](O)C(F)(F)F)c2=O)nc1[C@H](C)O. The number of halogens is 4. The summed E-state index contributed by atoms with van der Waals surface area (Å²) in [6, 6.07) is 9.22. The molecule has 37 heavy (non-hydrogen) atoms. The second-order valence-corrected chi connectivity index (χ2v) is 8.38. The van der Waals surface area contributed by atoms with Gasteiger partial charge in [-0.2, -0.15) is 17.9 Å². The topological polar surface area (TPSA) is 133 Å². The Balaban J connectivity index is 1.78. The molecule has 0 aliphatic rings. The van der Waals surface area contributed by atoms with E-state index < -0.39 is 30.6 Å². The largest absolute Gasteiger partial charge is 0.493 e. The summed E-state index contributed by atoms with van der Waals surface area (Å²) < 4.78 is 47.4. The van der Waals surface area contributed by atoms with Gasteiger partial charge in [-0.25, -0.2) is 19.4 Å². The van der Waals surface area contributed by atoms with E-state index in [1.54, 1.807) is 12.1 Å². The Kier molecular flexibility index (Phi) is 7.34. The van der Waals surface area contributed by atoms with Crippen molar-refractivity contribution in [2.24, 2.45) is 0 Å². The fraction of sp³-hybridized carbons (Fsp3) is 0.318. The summed E-state index contributed by atoms with van der Waals surface area (Å²) in [5.74, 6) is 0.562. The minimum Gasteiger partial charge on any atom is -0.493 e. The number of hydrogen-bond acceptors (Lipinski definition) is 8. The molecule has 1 aromatic carbocycles. The van der Waals surface area contributed by atoms with Crippen LogP contribution in [0.2, 0.25) is 5.02 Å². The Morgan fingerprint density at radius 2 is 1.84 bits per heavy atom. The van der Waals surface area contributed by atoms with Crippen LogP contribution in [0.3, 0.4) is 0 Å². The number of aliphatic hydroxyl groups is 2. The number of ether oxygens (including phenoxy) is 1. The lowest BCUT2D eigenvalue weighted by molar-refractivity contribution is -0.207. The lowest BCUT2D eigenvalue weighted by atomic mass is 10.2. The van der Waals surface area contributed by atoms with Crippen LogP contribution < -0.4 is 10.4 Å². The molecule has 0 bridgehead atoms. The first-order chi connectivity index (χ1) is 17.5. The zero-order valence-corrected chi connectivity index (χ0v) is 20.2. The number of pyridine rings is 1. The van der Waals surface area contributed by atoms with Crippen LogP contribution in [0, 0.1) is 0 Å². The van der Waals surface area contributed by atoms with Gasteiger partial charge < -0.3 is 14.9 Å². The van der Waals surface area contributed by atoms with Crippen molar-refractivity contribution < 1.29 is 28.1 Å². The van der Waals surface area contributed by atoms with E-state index >= 15 is 0 Å². The molecular formula is C22H21ClF3N7O4. The van der Waals surface area contributed by atoms with Gasteiger partial charge in [0, 0.05) is 16.8 Å². The van der Waals surface area contributed by atoms with E-state index in [2.05, 4.69) is 20.2 Å². The summed E-state index contributed by atoms with van der Waals surface area (Å²) in [5, 5.41) is 28.7. The third kappa shape index (κ3) is 5.50. The van der Waals surface area contributed by atoms with Crippen LogP contribution in [-0.2, 0) is 13.1 Å². The number of alkyl halides is 3. The maximum Gasteiger partial charge on any atom is 0.416 e. The Morgan fingerprint density at radius 3 is 2.46 bits per heavy atom. The van der Waals surface area contributed by atoms with Gasteiger partial charge in [-0.1, -0.05) is 11.6 Å². The van der Waals surface area contributed by atoms with Gasteiger partial charge in [-0.15, -0.1) is 10.2 Å². The minimum atomic E-state index is -4.95. The molecule has 0 radical (unpaired) electrons. The van der Waals surface area contributed by atoms with Crippen molar-refractivity contribution in [2.75, 3.05) is 7.11 Å². The molecule has 0 aliphatic carbocycles. The van der Waals surface area contributed by atoms with E-state index in [1.807, 2.05) is 0 Å². The third-order valence-corrected chi connectivity index (χ3v) is 5.52. The summed E-state index contributed by atoms with van der Waals surface area (Å²) in [6.45, 7) is 0.0282. The van der Waals surface area contributed by atoms with E-state index in [1.165, 1.54) is 49.2 Å². The minimum absolute atomic E-state index is 0.0226. The summed E-state index contributed by atoms with van der Waals surface area (Å²) in [4.78, 5) is 21.6. The number of hydrogen-bond donors (Lipinski definition) is 2. The number of methoxy groups -OCH3 is 1. The molecule has 3 aromatic heterocycles. The first-order valence-corrected chi connectivity index (χ1v) is 11.2. The maximum atomic E-state index is 13.1. The van der Waals surface area contributed by atoms with Gasteiger partial charge in [0.2, 0.25) is 0 Å². The fourth-order valence-electron chi connectivity index (χ4n) is 3.49. The highest BCUT2D eigenvalue weighted by Gasteiger charge is 2.39. The molecule has 196 valence electrons. The molecule has 0 aliphatic heterocycles. The van der Waals surface area contributed by atoms with E-state index in [0.717, 1.165) is 9.25 Å². The summed E-state index contributed by atoms with van der Waals surface area (Å²) in [6.07, 6.45) is -7.35. The van der Waals surface area contributed by atoms with Gasteiger partial charge in [-0.05, 0) is 43.3 Å². The fourth-order valence-corrected chi connectivity index (χ4v) is 3.62. The molecule has 0 unspecified atom stereocenters. The number of nitrogens with zero attached hydrogens (tertiary/aromatic N) is 7. The third-order valence-electron chi connectivity index (χ3n) is 5.27. The van der Waals surface area contributed by atoms with Gasteiger partial charge in [-0.3, -0.25) is 4.57 Å². The number of aromatic nitrogens is 7. The number of benzene rings is 1. The van der Waals surface area contributed by atoms with Crippen LogP contribution in [0.5, 0.6) is 5.75 Å². The lowest BCUT2D eigenvalue weighted by Gasteiger charge is -2.15. The van der Waals surface area contributed by atoms with E-state index in [-0.39, 0.29) is 29.8 Å². The van der Waals surface area contributed by atoms with Crippen molar-refractivity contribution in [1.82, 2.24) is 34.1 Å². The van der Waals surface area contributed by atoms with Gasteiger partial charge >= 0.3 is 11.9 Å². The standard InChI is InChI=1S/C22H21ClF3N7O4/c1-12(34)18-28-17(29-33(18)20-15(37-2)4-3-9-27-20)11-32-21(36)31(10-16(35)22(24,25)26)19(30-32)13-5-7-14(23)8-6-13/h3-9,12,16,34-35H,10-11H2,1-2H3/t12-,16-/m0/s1. The van der Waals surface area contributed by atoms with Gasteiger partial charge in [0.05, 0.1) is 13.7 Å². The first-order valence-electron chi connectivity index (χ1n) is 10.8. The smallest absolute Gasteiger partial charge is 0.416 e. The molecule has 11 nitrogen and oxygen atoms in total. The molecule has 4 rings (SSSR count). The second-order valence-electron chi connectivity index (χ2n) is 7.94.